The van der Waals surface area contributed by atoms with Gasteiger partial charge < -0.3 is 14.2 Å². The summed E-state index contributed by atoms with van der Waals surface area (Å²) in [6, 6.07) is 12.8. The molecule has 1 amide bonds. The Balaban J connectivity index is 1.98. The number of hydrogen-bond donors (Lipinski definition) is 0. The maximum Gasteiger partial charge on any atom is 0.247 e. The van der Waals surface area contributed by atoms with Crippen molar-refractivity contribution in [3.8, 4) is 28.6 Å². The topological polar surface area (TPSA) is 86.7 Å². The molecule has 1 aliphatic rings. The Hall–Kier alpha value is -3.33. The monoisotopic (exact) mass is 438 g/mol. The van der Waals surface area contributed by atoms with E-state index in [4.69, 9.17) is 14.2 Å². The zero-order chi connectivity index (χ0) is 22.0. The van der Waals surface area contributed by atoms with Crippen LogP contribution in [-0.2, 0) is 4.79 Å². The third-order valence-electron chi connectivity index (χ3n) is 4.83. The van der Waals surface area contributed by atoms with Crippen molar-refractivity contribution >= 4 is 23.4 Å². The SMILES string of the molecule is CCSc1nnc2c(n1)OC(c1cc(OC)ccc1OC)N(C(C)=O)c1ccccc1-2. The minimum absolute atomic E-state index is 0.203. The third kappa shape index (κ3) is 3.88. The Labute approximate surface area is 184 Å². The first-order valence-electron chi connectivity index (χ1n) is 9.72. The van der Waals surface area contributed by atoms with E-state index in [1.54, 1.807) is 37.3 Å². The molecule has 0 bridgehead atoms. The van der Waals surface area contributed by atoms with E-state index < -0.39 is 6.23 Å². The number of aromatic nitrogens is 3. The van der Waals surface area contributed by atoms with E-state index in [1.807, 2.05) is 31.2 Å². The highest BCUT2D eigenvalue weighted by atomic mass is 32.2. The van der Waals surface area contributed by atoms with Crippen molar-refractivity contribution in [1.82, 2.24) is 15.2 Å². The zero-order valence-corrected chi connectivity index (χ0v) is 18.5. The Morgan fingerprint density at radius 2 is 1.97 bits per heavy atom. The van der Waals surface area contributed by atoms with Gasteiger partial charge in [0.15, 0.2) is 5.69 Å². The number of carbonyl (C=O) groups excluding carboxylic acids is 1. The second-order valence-electron chi connectivity index (χ2n) is 6.67. The molecule has 0 aliphatic carbocycles. The first kappa shape index (κ1) is 20.9. The number of para-hydroxylation sites is 1. The average molecular weight is 439 g/mol. The summed E-state index contributed by atoms with van der Waals surface area (Å²) in [4.78, 5) is 19.0. The summed E-state index contributed by atoms with van der Waals surface area (Å²) in [6.45, 7) is 3.50. The molecular formula is C22H22N4O4S. The second-order valence-corrected chi connectivity index (χ2v) is 7.90. The van der Waals surface area contributed by atoms with Crippen molar-refractivity contribution in [3.63, 3.8) is 0 Å². The molecule has 0 spiro atoms. The van der Waals surface area contributed by atoms with Crippen LogP contribution in [0.3, 0.4) is 0 Å². The molecule has 31 heavy (non-hydrogen) atoms. The summed E-state index contributed by atoms with van der Waals surface area (Å²) in [5.74, 6) is 2.07. The van der Waals surface area contributed by atoms with Gasteiger partial charge in [0, 0.05) is 12.5 Å². The number of ether oxygens (including phenoxy) is 3. The Morgan fingerprint density at radius 1 is 1.16 bits per heavy atom. The molecule has 0 saturated carbocycles. The molecule has 0 N–H and O–H groups in total. The predicted octanol–water partition coefficient (Wildman–Crippen LogP) is 4.11. The van der Waals surface area contributed by atoms with Crippen molar-refractivity contribution in [3.05, 3.63) is 48.0 Å². The number of benzene rings is 2. The number of hydrogen-bond acceptors (Lipinski definition) is 8. The van der Waals surface area contributed by atoms with Gasteiger partial charge in [0.05, 0.1) is 25.5 Å². The standard InChI is InChI=1S/C22H22N4O4S/c1-5-31-22-23-20-19(24-25-22)15-8-6-7-9-17(15)26(13(2)27)21(30-20)16-12-14(28-3)10-11-18(16)29-4/h6-12,21H,5H2,1-4H3. The summed E-state index contributed by atoms with van der Waals surface area (Å²) >= 11 is 1.46. The molecule has 3 aromatic rings. The molecule has 2 heterocycles. The van der Waals surface area contributed by atoms with Crippen LogP contribution in [0.25, 0.3) is 11.3 Å². The molecule has 1 atom stereocenters. The minimum atomic E-state index is -0.846. The van der Waals surface area contributed by atoms with Gasteiger partial charge in [-0.1, -0.05) is 36.9 Å². The molecule has 9 heteroatoms. The van der Waals surface area contributed by atoms with Crippen molar-refractivity contribution in [2.45, 2.75) is 25.2 Å². The minimum Gasteiger partial charge on any atom is -0.497 e. The summed E-state index contributed by atoms with van der Waals surface area (Å²) in [7, 11) is 3.15. The van der Waals surface area contributed by atoms with Crippen LogP contribution in [0.4, 0.5) is 5.69 Å². The predicted molar refractivity (Wildman–Crippen MR) is 118 cm³/mol. The molecule has 2 aromatic carbocycles. The van der Waals surface area contributed by atoms with E-state index >= 15 is 0 Å². The van der Waals surface area contributed by atoms with E-state index in [9.17, 15) is 4.79 Å². The lowest BCUT2D eigenvalue weighted by Gasteiger charge is -2.30. The van der Waals surface area contributed by atoms with Crippen LogP contribution in [0.5, 0.6) is 17.4 Å². The van der Waals surface area contributed by atoms with Gasteiger partial charge in [-0.2, -0.15) is 4.98 Å². The van der Waals surface area contributed by atoms with Crippen molar-refractivity contribution < 1.29 is 19.0 Å². The van der Waals surface area contributed by atoms with Crippen molar-refractivity contribution in [1.29, 1.82) is 0 Å². The first-order chi connectivity index (χ1) is 15.1. The van der Waals surface area contributed by atoms with Crippen LogP contribution in [0.2, 0.25) is 0 Å². The number of fused-ring (bicyclic) bond motifs is 3. The number of methoxy groups -OCH3 is 2. The van der Waals surface area contributed by atoms with Gasteiger partial charge >= 0.3 is 0 Å². The van der Waals surface area contributed by atoms with Gasteiger partial charge in [-0.05, 0) is 30.0 Å². The highest BCUT2D eigenvalue weighted by Crippen LogP contribution is 2.45. The van der Waals surface area contributed by atoms with E-state index in [2.05, 4.69) is 15.2 Å². The van der Waals surface area contributed by atoms with E-state index in [-0.39, 0.29) is 5.91 Å². The largest absolute Gasteiger partial charge is 0.497 e. The van der Waals surface area contributed by atoms with Crippen molar-refractivity contribution in [2.75, 3.05) is 24.9 Å². The van der Waals surface area contributed by atoms with Crippen LogP contribution in [0.15, 0.2) is 47.6 Å². The molecule has 0 radical (unpaired) electrons. The van der Waals surface area contributed by atoms with Crippen LogP contribution in [0, 0.1) is 0 Å². The molecule has 4 rings (SSSR count). The quantitative estimate of drug-likeness (QED) is 0.550. The summed E-state index contributed by atoms with van der Waals surface area (Å²) in [6.07, 6.45) is -0.846. The Morgan fingerprint density at radius 3 is 2.68 bits per heavy atom. The first-order valence-corrected chi connectivity index (χ1v) is 10.7. The van der Waals surface area contributed by atoms with E-state index in [0.29, 0.717) is 45.0 Å². The highest BCUT2D eigenvalue weighted by Gasteiger charge is 2.36. The maximum absolute atomic E-state index is 12.9. The fraction of sp³-hybridized carbons (Fsp3) is 0.273. The van der Waals surface area contributed by atoms with Gasteiger partial charge in [-0.25, -0.2) is 0 Å². The molecular weight excluding hydrogens is 416 g/mol. The van der Waals surface area contributed by atoms with Crippen LogP contribution >= 0.6 is 11.8 Å². The number of nitrogens with zero attached hydrogens (tertiary/aromatic N) is 4. The lowest BCUT2D eigenvalue weighted by Crippen LogP contribution is -2.36. The number of thioether (sulfide) groups is 1. The smallest absolute Gasteiger partial charge is 0.247 e. The third-order valence-corrected chi connectivity index (χ3v) is 5.55. The van der Waals surface area contributed by atoms with Crippen LogP contribution in [0.1, 0.15) is 25.6 Å². The van der Waals surface area contributed by atoms with Gasteiger partial charge in [0.1, 0.15) is 11.5 Å². The number of rotatable bonds is 5. The number of amides is 1. The highest BCUT2D eigenvalue weighted by molar-refractivity contribution is 7.99. The summed E-state index contributed by atoms with van der Waals surface area (Å²) in [5, 5.41) is 9.12. The maximum atomic E-state index is 12.9. The molecule has 8 nitrogen and oxygen atoms in total. The normalized spacial score (nSPS) is 14.7. The zero-order valence-electron chi connectivity index (χ0n) is 17.7. The molecule has 1 aliphatic heterocycles. The average Bonchev–Trinajstić information content (AvgIpc) is 2.93. The summed E-state index contributed by atoms with van der Waals surface area (Å²) in [5.41, 5.74) is 2.47. The lowest BCUT2D eigenvalue weighted by molar-refractivity contribution is -0.118. The van der Waals surface area contributed by atoms with Gasteiger partial charge in [-0.15, -0.1) is 10.2 Å². The van der Waals surface area contributed by atoms with Gasteiger partial charge in [0.25, 0.3) is 0 Å². The second kappa shape index (κ2) is 8.81. The summed E-state index contributed by atoms with van der Waals surface area (Å²) < 4.78 is 17.4. The van der Waals surface area contributed by atoms with Crippen LogP contribution < -0.4 is 19.1 Å². The fourth-order valence-electron chi connectivity index (χ4n) is 3.48. The van der Waals surface area contributed by atoms with Gasteiger partial charge in [-0.3, -0.25) is 9.69 Å². The molecule has 0 fully saturated rings. The molecule has 1 aromatic heterocycles. The number of carbonyl (C=O) groups is 1. The van der Waals surface area contributed by atoms with Gasteiger partial charge in [0.2, 0.25) is 23.2 Å². The Kier molecular flexibility index (Phi) is 5.94. The van der Waals surface area contributed by atoms with E-state index in [1.165, 1.54) is 18.7 Å². The lowest BCUT2D eigenvalue weighted by atomic mass is 10.1. The van der Waals surface area contributed by atoms with E-state index in [0.717, 1.165) is 5.75 Å². The molecule has 0 saturated heterocycles. The fourth-order valence-corrected chi connectivity index (χ4v) is 3.98. The molecule has 160 valence electrons. The molecule has 1 unspecified atom stereocenters. The van der Waals surface area contributed by atoms with Crippen LogP contribution in [-0.4, -0.2) is 41.1 Å². The Bertz CT molecular complexity index is 1120. The number of anilines is 1. The van der Waals surface area contributed by atoms with Crippen molar-refractivity contribution in [2.24, 2.45) is 0 Å².